The van der Waals surface area contributed by atoms with Crippen LogP contribution in [0.25, 0.3) is 31.7 Å². The van der Waals surface area contributed by atoms with Crippen LogP contribution in [0.3, 0.4) is 0 Å². The fourth-order valence-corrected chi connectivity index (χ4v) is 3.97. The number of fused-ring (bicyclic) bond motifs is 2. The predicted molar refractivity (Wildman–Crippen MR) is 94.8 cm³/mol. The Labute approximate surface area is 137 Å². The first-order valence-corrected chi connectivity index (χ1v) is 8.24. The van der Waals surface area contributed by atoms with E-state index in [1.54, 1.807) is 11.3 Å². The average molecular weight is 325 g/mol. The SMILES string of the molecule is Cc1ccc2nc(-c3ccc4nc(C)cc(Cl)c4c3)sc2c1. The number of thiazole rings is 1. The standard InChI is InChI=1S/C18H13ClN2S/c1-10-3-5-16-17(7-10)22-18(21-16)12-4-6-15-13(9-12)14(19)8-11(2)20-15/h3-9H,1-2H3. The summed E-state index contributed by atoms with van der Waals surface area (Å²) < 4.78 is 1.21. The molecule has 0 radical (unpaired) electrons. The van der Waals surface area contributed by atoms with Gasteiger partial charge in [-0.05, 0) is 55.8 Å². The van der Waals surface area contributed by atoms with Crippen LogP contribution in [0.2, 0.25) is 5.02 Å². The lowest BCUT2D eigenvalue weighted by molar-refractivity contribution is 1.26. The van der Waals surface area contributed by atoms with Crippen molar-refractivity contribution in [1.82, 2.24) is 9.97 Å². The number of halogens is 1. The van der Waals surface area contributed by atoms with E-state index >= 15 is 0 Å². The highest BCUT2D eigenvalue weighted by molar-refractivity contribution is 7.21. The van der Waals surface area contributed by atoms with Crippen LogP contribution in [0.4, 0.5) is 0 Å². The molecule has 2 heterocycles. The van der Waals surface area contributed by atoms with Crippen LogP contribution in [-0.2, 0) is 0 Å². The first-order chi connectivity index (χ1) is 10.6. The maximum Gasteiger partial charge on any atom is 0.124 e. The second-order valence-electron chi connectivity index (χ2n) is 5.47. The smallest absolute Gasteiger partial charge is 0.124 e. The molecule has 2 aromatic heterocycles. The number of hydrogen-bond donors (Lipinski definition) is 0. The minimum absolute atomic E-state index is 0.737. The molecule has 0 unspecified atom stereocenters. The summed E-state index contributed by atoms with van der Waals surface area (Å²) in [4.78, 5) is 9.26. The summed E-state index contributed by atoms with van der Waals surface area (Å²) in [6.07, 6.45) is 0. The number of nitrogens with zero attached hydrogens (tertiary/aromatic N) is 2. The van der Waals surface area contributed by atoms with Gasteiger partial charge >= 0.3 is 0 Å². The predicted octanol–water partition coefficient (Wildman–Crippen LogP) is 5.78. The van der Waals surface area contributed by atoms with Crippen molar-refractivity contribution in [2.45, 2.75) is 13.8 Å². The van der Waals surface area contributed by atoms with Crippen molar-refractivity contribution in [1.29, 1.82) is 0 Å². The Morgan fingerprint density at radius 1 is 0.909 bits per heavy atom. The summed E-state index contributed by atoms with van der Waals surface area (Å²) in [6, 6.07) is 14.4. The summed E-state index contributed by atoms with van der Waals surface area (Å²) in [5, 5.41) is 2.72. The third-order valence-corrected chi connectivity index (χ3v) is 5.06. The quantitative estimate of drug-likeness (QED) is 0.443. The highest BCUT2D eigenvalue weighted by Gasteiger charge is 2.09. The van der Waals surface area contributed by atoms with Crippen LogP contribution in [0.1, 0.15) is 11.3 Å². The zero-order chi connectivity index (χ0) is 15.3. The van der Waals surface area contributed by atoms with Crippen LogP contribution in [0, 0.1) is 13.8 Å². The topological polar surface area (TPSA) is 25.8 Å². The molecule has 0 aliphatic heterocycles. The maximum atomic E-state index is 6.36. The van der Waals surface area contributed by atoms with Gasteiger partial charge in [0.25, 0.3) is 0 Å². The molecule has 2 aromatic carbocycles. The zero-order valence-corrected chi connectivity index (χ0v) is 13.8. The minimum atomic E-state index is 0.737. The second-order valence-corrected chi connectivity index (χ2v) is 6.91. The van der Waals surface area contributed by atoms with Crippen LogP contribution < -0.4 is 0 Å². The summed E-state index contributed by atoms with van der Waals surface area (Å²) in [7, 11) is 0. The van der Waals surface area contributed by atoms with Gasteiger partial charge in [0.15, 0.2) is 0 Å². The Hall–Kier alpha value is -1.97. The van der Waals surface area contributed by atoms with Crippen molar-refractivity contribution < 1.29 is 0 Å². The van der Waals surface area contributed by atoms with Gasteiger partial charge < -0.3 is 0 Å². The van der Waals surface area contributed by atoms with Crippen molar-refractivity contribution in [3.8, 4) is 10.6 Å². The molecule has 2 nitrogen and oxygen atoms in total. The molecule has 0 aliphatic carbocycles. The lowest BCUT2D eigenvalue weighted by atomic mass is 10.1. The lowest BCUT2D eigenvalue weighted by Crippen LogP contribution is -1.86. The first-order valence-electron chi connectivity index (χ1n) is 7.05. The van der Waals surface area contributed by atoms with Gasteiger partial charge in [-0.3, -0.25) is 4.98 Å². The van der Waals surface area contributed by atoms with Crippen LogP contribution in [0.5, 0.6) is 0 Å². The summed E-state index contributed by atoms with van der Waals surface area (Å²) in [5.41, 5.74) is 5.23. The van der Waals surface area contributed by atoms with Gasteiger partial charge in [-0.25, -0.2) is 4.98 Å². The highest BCUT2D eigenvalue weighted by Crippen LogP contribution is 2.33. The van der Waals surface area contributed by atoms with Gasteiger partial charge in [-0.2, -0.15) is 0 Å². The van der Waals surface area contributed by atoms with Crippen LogP contribution >= 0.6 is 22.9 Å². The molecular formula is C18H13ClN2S. The summed E-state index contributed by atoms with van der Waals surface area (Å²) in [6.45, 7) is 4.05. The number of pyridine rings is 1. The molecule has 0 N–H and O–H groups in total. The highest BCUT2D eigenvalue weighted by atomic mass is 35.5. The van der Waals surface area contributed by atoms with Crippen molar-refractivity contribution in [3.63, 3.8) is 0 Å². The third-order valence-electron chi connectivity index (χ3n) is 3.68. The summed E-state index contributed by atoms with van der Waals surface area (Å²) in [5.74, 6) is 0. The van der Waals surface area contributed by atoms with Crippen molar-refractivity contribution in [2.75, 3.05) is 0 Å². The molecule has 0 spiro atoms. The molecule has 0 amide bonds. The van der Waals surface area contributed by atoms with E-state index in [0.29, 0.717) is 0 Å². The molecule has 4 aromatic rings. The summed E-state index contributed by atoms with van der Waals surface area (Å²) >= 11 is 8.07. The van der Waals surface area contributed by atoms with Crippen molar-refractivity contribution >= 4 is 44.1 Å². The minimum Gasteiger partial charge on any atom is -0.253 e. The van der Waals surface area contributed by atoms with E-state index in [1.807, 2.05) is 19.1 Å². The molecule has 0 atom stereocenters. The van der Waals surface area contributed by atoms with Gasteiger partial charge in [0.2, 0.25) is 0 Å². The molecule has 0 fully saturated rings. The first kappa shape index (κ1) is 13.7. The fraction of sp³-hybridized carbons (Fsp3) is 0.111. The monoisotopic (exact) mass is 324 g/mol. The number of aromatic nitrogens is 2. The number of rotatable bonds is 1. The number of benzene rings is 2. The van der Waals surface area contributed by atoms with E-state index in [9.17, 15) is 0 Å². The molecule has 4 rings (SSSR count). The molecule has 4 heteroatoms. The van der Waals surface area contributed by atoms with E-state index in [1.165, 1.54) is 10.3 Å². The average Bonchev–Trinajstić information content (AvgIpc) is 2.89. The Kier molecular flexibility index (Phi) is 3.13. The van der Waals surface area contributed by atoms with E-state index < -0.39 is 0 Å². The van der Waals surface area contributed by atoms with Gasteiger partial charge in [0, 0.05) is 16.6 Å². The molecule has 0 bridgehead atoms. The molecule has 0 aliphatic rings. The van der Waals surface area contributed by atoms with Crippen molar-refractivity contribution in [3.05, 3.63) is 58.7 Å². The Morgan fingerprint density at radius 3 is 2.59 bits per heavy atom. The molecule has 22 heavy (non-hydrogen) atoms. The number of hydrogen-bond acceptors (Lipinski definition) is 3. The normalized spacial score (nSPS) is 11.4. The van der Waals surface area contributed by atoms with E-state index in [4.69, 9.17) is 16.6 Å². The third kappa shape index (κ3) is 2.27. The van der Waals surface area contributed by atoms with Gasteiger partial charge in [-0.15, -0.1) is 11.3 Å². The largest absolute Gasteiger partial charge is 0.253 e. The maximum absolute atomic E-state index is 6.36. The Morgan fingerprint density at radius 2 is 1.73 bits per heavy atom. The van der Waals surface area contributed by atoms with Crippen LogP contribution in [0.15, 0.2) is 42.5 Å². The fourth-order valence-electron chi connectivity index (χ4n) is 2.60. The van der Waals surface area contributed by atoms with E-state index in [-0.39, 0.29) is 0 Å². The van der Waals surface area contributed by atoms with E-state index in [2.05, 4.69) is 42.2 Å². The number of aryl methyl sites for hydroxylation is 2. The second kappa shape index (κ2) is 5.04. The Balaban J connectivity index is 1.92. The molecular weight excluding hydrogens is 312 g/mol. The van der Waals surface area contributed by atoms with E-state index in [0.717, 1.165) is 37.7 Å². The lowest BCUT2D eigenvalue weighted by Gasteiger charge is -2.04. The molecule has 108 valence electrons. The van der Waals surface area contributed by atoms with Gasteiger partial charge in [0.05, 0.1) is 20.8 Å². The van der Waals surface area contributed by atoms with Crippen LogP contribution in [-0.4, -0.2) is 9.97 Å². The molecule has 0 saturated carbocycles. The zero-order valence-electron chi connectivity index (χ0n) is 12.2. The van der Waals surface area contributed by atoms with Gasteiger partial charge in [0.1, 0.15) is 5.01 Å². The Bertz CT molecular complexity index is 1020. The van der Waals surface area contributed by atoms with Crippen molar-refractivity contribution in [2.24, 2.45) is 0 Å². The molecule has 0 saturated heterocycles. The van der Waals surface area contributed by atoms with Gasteiger partial charge in [-0.1, -0.05) is 17.7 Å².